The van der Waals surface area contributed by atoms with Gasteiger partial charge in [0.25, 0.3) is 0 Å². The fourth-order valence-electron chi connectivity index (χ4n) is 1.41. The maximum atomic E-state index is 11.4. The highest BCUT2D eigenvalue weighted by molar-refractivity contribution is 7.92. The van der Waals surface area contributed by atoms with Gasteiger partial charge in [-0.2, -0.15) is 0 Å². The van der Waals surface area contributed by atoms with Crippen molar-refractivity contribution in [2.24, 2.45) is 5.73 Å². The van der Waals surface area contributed by atoms with E-state index in [-0.39, 0.29) is 16.3 Å². The number of rotatable bonds is 4. The number of sulfonamides is 1. The number of thiocarbonyl (C=S) groups is 1. The maximum absolute atomic E-state index is 11.4. The molecule has 0 bridgehead atoms. The Bertz CT molecular complexity index is 306. The summed E-state index contributed by atoms with van der Waals surface area (Å²) in [7, 11) is -3.32. The molecule has 4 nitrogen and oxygen atoms in total. The lowest BCUT2D eigenvalue weighted by molar-refractivity contribution is 0.248. The molecule has 13 heavy (non-hydrogen) atoms. The van der Waals surface area contributed by atoms with Gasteiger partial charge in [-0.25, -0.2) is 13.1 Å². The maximum Gasteiger partial charge on any atom is 0.218 e. The molecule has 0 atom stereocenters. The Kier molecular flexibility index (Phi) is 2.94. The van der Waals surface area contributed by atoms with Crippen molar-refractivity contribution in [3.63, 3.8) is 0 Å². The first-order chi connectivity index (χ1) is 5.83. The molecule has 1 saturated carbocycles. The first-order valence-electron chi connectivity index (χ1n) is 4.13. The van der Waals surface area contributed by atoms with E-state index in [1.54, 1.807) is 0 Å². The molecule has 0 aromatic carbocycles. The zero-order valence-electron chi connectivity index (χ0n) is 7.54. The second-order valence-corrected chi connectivity index (χ2v) is 5.99. The zero-order chi connectivity index (χ0) is 10.1. The summed E-state index contributed by atoms with van der Waals surface area (Å²) >= 11 is 4.55. The second kappa shape index (κ2) is 3.51. The lowest BCUT2D eigenvalue weighted by Gasteiger charge is -2.38. The molecular weight excluding hydrogens is 208 g/mol. The Morgan fingerprint density at radius 2 is 2.15 bits per heavy atom. The van der Waals surface area contributed by atoms with E-state index in [1.807, 2.05) is 6.92 Å². The van der Waals surface area contributed by atoms with Gasteiger partial charge >= 0.3 is 0 Å². The van der Waals surface area contributed by atoms with Gasteiger partial charge in [-0.15, -0.1) is 0 Å². The van der Waals surface area contributed by atoms with Crippen molar-refractivity contribution in [3.8, 4) is 0 Å². The van der Waals surface area contributed by atoms with E-state index in [1.165, 1.54) is 0 Å². The molecule has 0 amide bonds. The summed E-state index contributed by atoms with van der Waals surface area (Å²) in [6.07, 6.45) is 2.86. The van der Waals surface area contributed by atoms with Crippen molar-refractivity contribution in [2.45, 2.75) is 31.7 Å². The summed E-state index contributed by atoms with van der Waals surface area (Å²) in [4.78, 5) is 0.00965. The monoisotopic (exact) mass is 222 g/mol. The van der Waals surface area contributed by atoms with Gasteiger partial charge in [-0.3, -0.25) is 0 Å². The van der Waals surface area contributed by atoms with Gasteiger partial charge in [0.05, 0.1) is 4.99 Å². The highest BCUT2D eigenvalue weighted by Gasteiger charge is 2.35. The summed E-state index contributed by atoms with van der Waals surface area (Å²) in [5.41, 5.74) is 4.91. The first kappa shape index (κ1) is 10.9. The van der Waals surface area contributed by atoms with Crippen LogP contribution in [0, 0.1) is 0 Å². The van der Waals surface area contributed by atoms with E-state index in [0.717, 1.165) is 19.3 Å². The Morgan fingerprint density at radius 3 is 2.46 bits per heavy atom. The van der Waals surface area contributed by atoms with Crippen LogP contribution in [0.2, 0.25) is 0 Å². The van der Waals surface area contributed by atoms with Crippen LogP contribution in [-0.2, 0) is 10.0 Å². The molecule has 1 aliphatic carbocycles. The predicted octanol–water partition coefficient (Wildman–Crippen LogP) is 0.134. The second-order valence-electron chi connectivity index (χ2n) is 3.74. The minimum absolute atomic E-state index is 0.00965. The van der Waals surface area contributed by atoms with Gasteiger partial charge in [0.15, 0.2) is 0 Å². The number of nitrogens with two attached hydrogens (primary N) is 1. The topological polar surface area (TPSA) is 72.2 Å². The minimum Gasteiger partial charge on any atom is -0.392 e. The van der Waals surface area contributed by atoms with Crippen LogP contribution in [0.15, 0.2) is 0 Å². The molecule has 1 fully saturated rings. The molecule has 6 heteroatoms. The third kappa shape index (κ3) is 3.21. The fraction of sp³-hybridized carbons (Fsp3) is 0.857. The van der Waals surface area contributed by atoms with Gasteiger partial charge in [-0.1, -0.05) is 12.2 Å². The molecule has 0 aromatic rings. The Morgan fingerprint density at radius 1 is 1.62 bits per heavy atom. The molecule has 76 valence electrons. The van der Waals surface area contributed by atoms with Crippen LogP contribution in [0.5, 0.6) is 0 Å². The van der Waals surface area contributed by atoms with Crippen LogP contribution in [0.3, 0.4) is 0 Å². The summed E-state index contributed by atoms with van der Waals surface area (Å²) in [5, 5.41) is 0. The summed E-state index contributed by atoms with van der Waals surface area (Å²) in [6.45, 7) is 1.90. The normalized spacial score (nSPS) is 20.7. The Balaban J connectivity index is 2.56. The van der Waals surface area contributed by atoms with E-state index >= 15 is 0 Å². The summed E-state index contributed by atoms with van der Waals surface area (Å²) < 4.78 is 25.3. The largest absolute Gasteiger partial charge is 0.392 e. The van der Waals surface area contributed by atoms with Crippen LogP contribution in [-0.4, -0.2) is 24.7 Å². The van der Waals surface area contributed by atoms with Crippen molar-refractivity contribution in [3.05, 3.63) is 0 Å². The van der Waals surface area contributed by atoms with Gasteiger partial charge in [0, 0.05) is 5.54 Å². The van der Waals surface area contributed by atoms with E-state index in [0.29, 0.717) is 0 Å². The lowest BCUT2D eigenvalue weighted by atomic mass is 9.80. The SMILES string of the molecule is CC1(NS(=O)(=O)CC(N)=S)CCC1. The van der Waals surface area contributed by atoms with Crippen molar-refractivity contribution >= 4 is 27.2 Å². The smallest absolute Gasteiger partial charge is 0.218 e. The number of hydrogen-bond acceptors (Lipinski definition) is 3. The van der Waals surface area contributed by atoms with Crippen molar-refractivity contribution in [1.29, 1.82) is 0 Å². The van der Waals surface area contributed by atoms with Gasteiger partial charge in [0.2, 0.25) is 10.0 Å². The molecule has 0 aromatic heterocycles. The highest BCUT2D eigenvalue weighted by Crippen LogP contribution is 2.31. The molecule has 0 saturated heterocycles. The number of nitrogens with one attached hydrogen (secondary N) is 1. The molecule has 1 rings (SSSR count). The van der Waals surface area contributed by atoms with Crippen LogP contribution in [0.4, 0.5) is 0 Å². The highest BCUT2D eigenvalue weighted by atomic mass is 32.2. The molecule has 0 spiro atoms. The van der Waals surface area contributed by atoms with Crippen LogP contribution < -0.4 is 10.5 Å². The van der Waals surface area contributed by atoms with Crippen molar-refractivity contribution in [2.75, 3.05) is 5.75 Å². The zero-order valence-corrected chi connectivity index (χ0v) is 9.17. The Hall–Kier alpha value is -0.200. The van der Waals surface area contributed by atoms with Crippen molar-refractivity contribution in [1.82, 2.24) is 4.72 Å². The molecular formula is C7H14N2O2S2. The third-order valence-corrected chi connectivity index (χ3v) is 4.01. The quantitative estimate of drug-likeness (QED) is 0.663. The first-order valence-corrected chi connectivity index (χ1v) is 6.19. The summed E-state index contributed by atoms with van der Waals surface area (Å²) in [6, 6.07) is 0. The van der Waals surface area contributed by atoms with Gasteiger partial charge in [0.1, 0.15) is 5.75 Å². The molecule has 0 radical (unpaired) electrons. The van der Waals surface area contributed by atoms with Crippen LogP contribution >= 0.6 is 12.2 Å². The van der Waals surface area contributed by atoms with E-state index in [9.17, 15) is 8.42 Å². The average molecular weight is 222 g/mol. The molecule has 0 heterocycles. The average Bonchev–Trinajstić information content (AvgIpc) is 1.79. The van der Waals surface area contributed by atoms with E-state index in [2.05, 4.69) is 16.9 Å². The molecule has 0 unspecified atom stereocenters. The Labute approximate surface area is 83.9 Å². The summed E-state index contributed by atoms with van der Waals surface area (Å²) in [5.74, 6) is -0.252. The molecule has 3 N–H and O–H groups in total. The lowest BCUT2D eigenvalue weighted by Crippen LogP contribution is -2.52. The number of hydrogen-bond donors (Lipinski definition) is 2. The van der Waals surface area contributed by atoms with E-state index in [4.69, 9.17) is 5.73 Å². The minimum atomic E-state index is -3.32. The van der Waals surface area contributed by atoms with Crippen LogP contribution in [0.1, 0.15) is 26.2 Å². The third-order valence-electron chi connectivity index (χ3n) is 2.19. The van der Waals surface area contributed by atoms with Crippen molar-refractivity contribution < 1.29 is 8.42 Å². The molecule has 0 aliphatic heterocycles. The molecule has 1 aliphatic rings. The fourth-order valence-corrected chi connectivity index (χ4v) is 3.28. The predicted molar refractivity (Wildman–Crippen MR) is 56.0 cm³/mol. The van der Waals surface area contributed by atoms with E-state index < -0.39 is 10.0 Å². The van der Waals surface area contributed by atoms with Crippen LogP contribution in [0.25, 0.3) is 0 Å². The van der Waals surface area contributed by atoms with Gasteiger partial charge in [-0.05, 0) is 26.2 Å². The van der Waals surface area contributed by atoms with Gasteiger partial charge < -0.3 is 5.73 Å². The standard InChI is InChI=1S/C7H14N2O2S2/c1-7(3-2-4-7)9-13(10,11)5-6(8)12/h9H,2-5H2,1H3,(H2,8,12).